The fraction of sp³-hybridized carbons (Fsp3) is 0.250. The molecule has 0 aliphatic rings. The zero-order valence-electron chi connectivity index (χ0n) is 12.5. The van der Waals surface area contributed by atoms with Crippen molar-refractivity contribution in [3.8, 4) is 0 Å². The maximum atomic E-state index is 12.9. The molecular formula is C16H20N2O2S. The van der Waals surface area contributed by atoms with Crippen LogP contribution in [-0.2, 0) is 16.6 Å². The lowest BCUT2D eigenvalue weighted by atomic mass is 10.2. The van der Waals surface area contributed by atoms with E-state index in [2.05, 4.69) is 5.32 Å². The van der Waals surface area contributed by atoms with E-state index in [0.29, 0.717) is 17.1 Å². The van der Waals surface area contributed by atoms with Crippen LogP contribution in [-0.4, -0.2) is 22.5 Å². The number of para-hydroxylation sites is 1. The Labute approximate surface area is 126 Å². The Morgan fingerprint density at radius 1 is 1.05 bits per heavy atom. The van der Waals surface area contributed by atoms with Gasteiger partial charge in [-0.25, -0.2) is 8.42 Å². The number of nitrogens with one attached hydrogen (secondary N) is 1. The van der Waals surface area contributed by atoms with Crippen LogP contribution in [0.2, 0.25) is 0 Å². The van der Waals surface area contributed by atoms with Gasteiger partial charge in [-0.2, -0.15) is 0 Å². The molecule has 0 saturated heterocycles. The first-order valence-corrected chi connectivity index (χ1v) is 8.19. The maximum absolute atomic E-state index is 12.9. The van der Waals surface area contributed by atoms with E-state index in [9.17, 15) is 8.42 Å². The minimum absolute atomic E-state index is 0.338. The first-order chi connectivity index (χ1) is 9.98. The van der Waals surface area contributed by atoms with Gasteiger partial charge in [-0.1, -0.05) is 36.4 Å². The fourth-order valence-corrected chi connectivity index (χ4v) is 3.77. The summed E-state index contributed by atoms with van der Waals surface area (Å²) in [6, 6.07) is 14.5. The van der Waals surface area contributed by atoms with Gasteiger partial charge in [0, 0.05) is 13.6 Å². The van der Waals surface area contributed by atoms with Crippen molar-refractivity contribution in [2.75, 3.05) is 18.4 Å². The Balaban J connectivity index is 2.50. The number of anilines is 1. The summed E-state index contributed by atoms with van der Waals surface area (Å²) in [5.74, 6) is 0. The molecule has 0 saturated carbocycles. The minimum Gasteiger partial charge on any atom is -0.316 e. The average Bonchev–Trinajstić information content (AvgIpc) is 2.48. The molecule has 5 heteroatoms. The Morgan fingerprint density at radius 3 is 2.33 bits per heavy atom. The molecule has 0 bridgehead atoms. The molecule has 0 fully saturated rings. The lowest BCUT2D eigenvalue weighted by Crippen LogP contribution is -2.28. The molecule has 21 heavy (non-hydrogen) atoms. The monoisotopic (exact) mass is 304 g/mol. The van der Waals surface area contributed by atoms with Crippen molar-refractivity contribution in [3.63, 3.8) is 0 Å². The molecule has 2 rings (SSSR count). The average molecular weight is 304 g/mol. The number of hydrogen-bond donors (Lipinski definition) is 1. The molecule has 2 aromatic carbocycles. The molecule has 0 atom stereocenters. The molecule has 112 valence electrons. The second kappa shape index (κ2) is 6.28. The maximum Gasteiger partial charge on any atom is 0.264 e. The van der Waals surface area contributed by atoms with Gasteiger partial charge in [0.25, 0.3) is 10.0 Å². The number of rotatable bonds is 5. The van der Waals surface area contributed by atoms with Crippen LogP contribution in [0.25, 0.3) is 0 Å². The SMILES string of the molecule is CNCc1ccccc1S(=O)(=O)N(C)c1ccccc1C. The second-order valence-corrected chi connectivity index (χ2v) is 6.83. The fourth-order valence-electron chi connectivity index (χ4n) is 2.29. The van der Waals surface area contributed by atoms with Gasteiger partial charge in [0.1, 0.15) is 0 Å². The first kappa shape index (κ1) is 15.5. The summed E-state index contributed by atoms with van der Waals surface area (Å²) in [6.07, 6.45) is 0. The molecule has 0 heterocycles. The van der Waals surface area contributed by atoms with Crippen molar-refractivity contribution < 1.29 is 8.42 Å². The van der Waals surface area contributed by atoms with Crippen molar-refractivity contribution in [1.82, 2.24) is 5.32 Å². The van der Waals surface area contributed by atoms with Crippen LogP contribution in [0, 0.1) is 6.92 Å². The molecule has 0 unspecified atom stereocenters. The summed E-state index contributed by atoms with van der Waals surface area (Å²) in [5.41, 5.74) is 2.38. The van der Waals surface area contributed by atoms with Gasteiger partial charge in [-0.3, -0.25) is 4.31 Å². The smallest absolute Gasteiger partial charge is 0.264 e. The Hall–Kier alpha value is -1.85. The van der Waals surface area contributed by atoms with Crippen LogP contribution in [0.4, 0.5) is 5.69 Å². The minimum atomic E-state index is -3.57. The van der Waals surface area contributed by atoms with Gasteiger partial charge in [0.15, 0.2) is 0 Å². The molecule has 2 aromatic rings. The van der Waals surface area contributed by atoms with Crippen LogP contribution in [0.15, 0.2) is 53.4 Å². The standard InChI is InChI=1S/C16H20N2O2S/c1-13-8-4-6-10-15(13)18(3)21(19,20)16-11-7-5-9-14(16)12-17-2/h4-11,17H,12H2,1-3H3. The van der Waals surface area contributed by atoms with E-state index in [4.69, 9.17) is 0 Å². The van der Waals surface area contributed by atoms with E-state index in [1.807, 2.05) is 43.3 Å². The Kier molecular flexibility index (Phi) is 4.65. The lowest BCUT2D eigenvalue weighted by molar-refractivity contribution is 0.592. The van der Waals surface area contributed by atoms with Crippen LogP contribution in [0.3, 0.4) is 0 Å². The van der Waals surface area contributed by atoms with Gasteiger partial charge >= 0.3 is 0 Å². The largest absolute Gasteiger partial charge is 0.316 e. The summed E-state index contributed by atoms with van der Waals surface area (Å²) < 4.78 is 27.1. The van der Waals surface area contributed by atoms with E-state index < -0.39 is 10.0 Å². The Bertz CT molecular complexity index is 727. The number of benzene rings is 2. The molecular weight excluding hydrogens is 284 g/mol. The number of hydrogen-bond acceptors (Lipinski definition) is 3. The molecule has 4 nitrogen and oxygen atoms in total. The van der Waals surface area contributed by atoms with Crippen molar-refractivity contribution in [1.29, 1.82) is 0 Å². The third-order valence-corrected chi connectivity index (χ3v) is 5.30. The van der Waals surface area contributed by atoms with E-state index in [-0.39, 0.29) is 0 Å². The molecule has 0 aliphatic heterocycles. The zero-order valence-corrected chi connectivity index (χ0v) is 13.3. The lowest BCUT2D eigenvalue weighted by Gasteiger charge is -2.22. The van der Waals surface area contributed by atoms with Crippen molar-refractivity contribution >= 4 is 15.7 Å². The topological polar surface area (TPSA) is 49.4 Å². The van der Waals surface area contributed by atoms with Gasteiger partial charge in [0.05, 0.1) is 10.6 Å². The third-order valence-electron chi connectivity index (χ3n) is 3.43. The van der Waals surface area contributed by atoms with Crippen LogP contribution < -0.4 is 9.62 Å². The highest BCUT2D eigenvalue weighted by atomic mass is 32.2. The normalized spacial score (nSPS) is 11.4. The van der Waals surface area contributed by atoms with E-state index >= 15 is 0 Å². The predicted molar refractivity (Wildman–Crippen MR) is 86.0 cm³/mol. The van der Waals surface area contributed by atoms with Crippen molar-refractivity contribution in [3.05, 3.63) is 59.7 Å². The van der Waals surface area contributed by atoms with Crippen LogP contribution >= 0.6 is 0 Å². The van der Waals surface area contributed by atoms with Crippen molar-refractivity contribution in [2.45, 2.75) is 18.4 Å². The summed E-state index contributed by atoms with van der Waals surface area (Å²) in [6.45, 7) is 2.41. The number of nitrogens with zero attached hydrogens (tertiary/aromatic N) is 1. The number of aryl methyl sites for hydroxylation is 1. The molecule has 1 N–H and O–H groups in total. The molecule has 0 radical (unpaired) electrons. The van der Waals surface area contributed by atoms with Gasteiger partial charge in [0.2, 0.25) is 0 Å². The van der Waals surface area contributed by atoms with Gasteiger partial charge in [-0.15, -0.1) is 0 Å². The second-order valence-electron chi connectivity index (χ2n) is 4.90. The quantitative estimate of drug-likeness (QED) is 0.923. The summed E-state index contributed by atoms with van der Waals surface area (Å²) in [7, 11) is -0.183. The van der Waals surface area contributed by atoms with Gasteiger partial charge < -0.3 is 5.32 Å². The van der Waals surface area contributed by atoms with E-state index in [1.54, 1.807) is 26.2 Å². The highest BCUT2D eigenvalue weighted by Gasteiger charge is 2.24. The van der Waals surface area contributed by atoms with Crippen LogP contribution in [0.1, 0.15) is 11.1 Å². The highest BCUT2D eigenvalue weighted by molar-refractivity contribution is 7.92. The summed E-state index contributed by atoms with van der Waals surface area (Å²) in [5, 5.41) is 3.00. The molecule has 0 aromatic heterocycles. The summed E-state index contributed by atoms with van der Waals surface area (Å²) >= 11 is 0. The molecule has 0 aliphatic carbocycles. The first-order valence-electron chi connectivity index (χ1n) is 6.75. The van der Waals surface area contributed by atoms with Crippen molar-refractivity contribution in [2.24, 2.45) is 0 Å². The molecule has 0 amide bonds. The zero-order chi connectivity index (χ0) is 15.5. The van der Waals surface area contributed by atoms with E-state index in [0.717, 1.165) is 11.1 Å². The molecule has 0 spiro atoms. The van der Waals surface area contributed by atoms with Crippen LogP contribution in [0.5, 0.6) is 0 Å². The van der Waals surface area contributed by atoms with Gasteiger partial charge in [-0.05, 0) is 37.2 Å². The predicted octanol–water partition coefficient (Wildman–Crippen LogP) is 2.54. The Morgan fingerprint density at radius 2 is 1.67 bits per heavy atom. The highest BCUT2D eigenvalue weighted by Crippen LogP contribution is 2.26. The third kappa shape index (κ3) is 3.09. The van der Waals surface area contributed by atoms with E-state index in [1.165, 1.54) is 4.31 Å². The summed E-state index contributed by atoms with van der Waals surface area (Å²) in [4.78, 5) is 0.338. The number of sulfonamides is 1.